The van der Waals surface area contributed by atoms with Crippen molar-refractivity contribution in [1.29, 1.82) is 0 Å². The molecular formula is C14H16N4OS. The highest BCUT2D eigenvalue weighted by atomic mass is 32.2. The summed E-state index contributed by atoms with van der Waals surface area (Å²) in [6.07, 6.45) is 3.81. The predicted octanol–water partition coefficient (Wildman–Crippen LogP) is 1.33. The number of hydrogen-bond donors (Lipinski definition) is 2. The summed E-state index contributed by atoms with van der Waals surface area (Å²) in [5.74, 6) is 0.287. The monoisotopic (exact) mass is 288 g/mol. The third-order valence-electron chi connectivity index (χ3n) is 3.25. The first-order chi connectivity index (χ1) is 9.74. The number of carbonyl (C=O) groups is 1. The number of aromatic nitrogens is 2. The Morgan fingerprint density at radius 3 is 2.95 bits per heavy atom. The quantitative estimate of drug-likeness (QED) is 0.619. The number of hydrogen-bond acceptors (Lipinski definition) is 5. The zero-order valence-corrected chi connectivity index (χ0v) is 11.8. The van der Waals surface area contributed by atoms with E-state index in [-0.39, 0.29) is 11.9 Å². The van der Waals surface area contributed by atoms with Crippen LogP contribution in [0, 0.1) is 0 Å². The van der Waals surface area contributed by atoms with E-state index in [0.29, 0.717) is 11.8 Å². The number of benzene rings is 1. The van der Waals surface area contributed by atoms with Gasteiger partial charge in [-0.2, -0.15) is 0 Å². The molecule has 1 unspecified atom stereocenters. The minimum absolute atomic E-state index is 0.303. The second-order valence-electron chi connectivity index (χ2n) is 4.90. The highest BCUT2D eigenvalue weighted by Crippen LogP contribution is 2.26. The predicted molar refractivity (Wildman–Crippen MR) is 79.4 cm³/mol. The first kappa shape index (κ1) is 13.3. The fourth-order valence-electron chi connectivity index (χ4n) is 2.00. The molecule has 20 heavy (non-hydrogen) atoms. The van der Waals surface area contributed by atoms with Crippen LogP contribution in [0.4, 0.5) is 0 Å². The third kappa shape index (κ3) is 3.08. The summed E-state index contributed by atoms with van der Waals surface area (Å²) in [6.45, 7) is 0. The second-order valence-corrected chi connectivity index (χ2v) is 5.91. The highest BCUT2D eigenvalue weighted by Gasteiger charge is 2.27. The lowest BCUT2D eigenvalue weighted by molar-refractivity contribution is -0.119. The van der Waals surface area contributed by atoms with Gasteiger partial charge in [0.2, 0.25) is 5.91 Å². The molecule has 0 radical (unpaired) electrons. The van der Waals surface area contributed by atoms with Crippen molar-refractivity contribution < 1.29 is 4.79 Å². The van der Waals surface area contributed by atoms with Gasteiger partial charge in [-0.25, -0.2) is 9.97 Å². The number of para-hydroxylation sites is 1. The summed E-state index contributed by atoms with van der Waals surface area (Å²) < 4.78 is 0. The van der Waals surface area contributed by atoms with Crippen LogP contribution in [0.1, 0.15) is 12.8 Å². The van der Waals surface area contributed by atoms with Crippen LogP contribution in [0.2, 0.25) is 0 Å². The topological polar surface area (TPSA) is 80.9 Å². The van der Waals surface area contributed by atoms with Crippen molar-refractivity contribution in [2.24, 2.45) is 5.73 Å². The van der Waals surface area contributed by atoms with Crippen LogP contribution in [-0.2, 0) is 4.79 Å². The summed E-state index contributed by atoms with van der Waals surface area (Å²) in [4.78, 5) is 20.0. The molecule has 1 amide bonds. The summed E-state index contributed by atoms with van der Waals surface area (Å²) in [7, 11) is 0. The molecule has 1 aliphatic rings. The average Bonchev–Trinajstić information content (AvgIpc) is 3.27. The van der Waals surface area contributed by atoms with Gasteiger partial charge < -0.3 is 11.1 Å². The van der Waals surface area contributed by atoms with Gasteiger partial charge in [-0.3, -0.25) is 4.79 Å². The fourth-order valence-corrected chi connectivity index (χ4v) is 3.04. The largest absolute Gasteiger partial charge is 0.368 e. The van der Waals surface area contributed by atoms with Crippen molar-refractivity contribution in [2.75, 3.05) is 5.75 Å². The Bertz CT molecular complexity index is 624. The molecule has 5 nitrogen and oxygen atoms in total. The Morgan fingerprint density at radius 2 is 2.20 bits per heavy atom. The van der Waals surface area contributed by atoms with Crippen LogP contribution in [0.15, 0.2) is 35.6 Å². The van der Waals surface area contributed by atoms with Gasteiger partial charge in [-0.05, 0) is 18.9 Å². The molecule has 1 heterocycles. The molecule has 0 bridgehead atoms. The van der Waals surface area contributed by atoms with Gasteiger partial charge in [0.25, 0.3) is 0 Å². The Balaban J connectivity index is 1.73. The molecule has 1 aromatic heterocycles. The minimum atomic E-state index is -0.304. The third-order valence-corrected chi connectivity index (χ3v) is 4.35. The molecule has 1 atom stereocenters. The second kappa shape index (κ2) is 5.76. The summed E-state index contributed by atoms with van der Waals surface area (Å²) in [5.41, 5.74) is 6.35. The van der Waals surface area contributed by atoms with Crippen molar-refractivity contribution >= 4 is 28.6 Å². The van der Waals surface area contributed by atoms with E-state index in [1.165, 1.54) is 0 Å². The summed E-state index contributed by atoms with van der Waals surface area (Å²) in [6, 6.07) is 8.01. The fraction of sp³-hybridized carbons (Fsp3) is 0.357. The first-order valence-electron chi connectivity index (χ1n) is 6.62. The van der Waals surface area contributed by atoms with Crippen LogP contribution in [0.25, 0.3) is 10.9 Å². The lowest BCUT2D eigenvalue weighted by Gasteiger charge is -2.14. The molecule has 1 saturated carbocycles. The molecule has 3 rings (SSSR count). The zero-order chi connectivity index (χ0) is 13.9. The number of rotatable bonds is 6. The van der Waals surface area contributed by atoms with Crippen LogP contribution < -0.4 is 11.1 Å². The van der Waals surface area contributed by atoms with Crippen molar-refractivity contribution in [2.45, 2.75) is 30.0 Å². The molecule has 0 spiro atoms. The molecular weight excluding hydrogens is 272 g/mol. The van der Waals surface area contributed by atoms with Gasteiger partial charge in [-0.15, -0.1) is 11.8 Å². The van der Waals surface area contributed by atoms with E-state index in [2.05, 4.69) is 15.3 Å². The maximum atomic E-state index is 11.5. The highest BCUT2D eigenvalue weighted by molar-refractivity contribution is 7.99. The molecule has 1 aromatic carbocycles. The SMILES string of the molecule is NC(=O)C(CSc1ncnc2ccccc12)NC1CC1. The molecule has 6 heteroatoms. The lowest BCUT2D eigenvalue weighted by Crippen LogP contribution is -2.44. The van der Waals surface area contributed by atoms with Crippen molar-refractivity contribution in [3.8, 4) is 0 Å². The van der Waals surface area contributed by atoms with Crippen molar-refractivity contribution in [3.63, 3.8) is 0 Å². The van der Waals surface area contributed by atoms with Crippen LogP contribution >= 0.6 is 11.8 Å². The standard InChI is InChI=1S/C14H16N4OS/c15-13(19)12(18-9-5-6-9)7-20-14-10-3-1-2-4-11(10)16-8-17-14/h1-4,8-9,12,18H,5-7H2,(H2,15,19). The van der Waals surface area contributed by atoms with Gasteiger partial charge in [0.1, 0.15) is 11.4 Å². The van der Waals surface area contributed by atoms with Crippen LogP contribution in [0.5, 0.6) is 0 Å². The molecule has 0 saturated heterocycles. The molecule has 1 aliphatic carbocycles. The maximum Gasteiger partial charge on any atom is 0.235 e. The normalized spacial score (nSPS) is 16.2. The van der Waals surface area contributed by atoms with Crippen molar-refractivity contribution in [1.82, 2.24) is 15.3 Å². The molecule has 0 aliphatic heterocycles. The number of nitrogens with one attached hydrogen (secondary N) is 1. The number of primary amides is 1. The number of nitrogens with zero attached hydrogens (tertiary/aromatic N) is 2. The van der Waals surface area contributed by atoms with Gasteiger partial charge in [-0.1, -0.05) is 18.2 Å². The molecule has 2 aromatic rings. The Labute approximate surface area is 121 Å². The summed E-state index contributed by atoms with van der Waals surface area (Å²) >= 11 is 1.54. The van der Waals surface area contributed by atoms with E-state index in [1.54, 1.807) is 18.1 Å². The number of thioether (sulfide) groups is 1. The maximum absolute atomic E-state index is 11.5. The lowest BCUT2D eigenvalue weighted by atomic mass is 10.2. The summed E-state index contributed by atoms with van der Waals surface area (Å²) in [5, 5.41) is 5.17. The first-order valence-corrected chi connectivity index (χ1v) is 7.60. The van der Waals surface area contributed by atoms with Gasteiger partial charge in [0.05, 0.1) is 11.6 Å². The van der Waals surface area contributed by atoms with Gasteiger partial charge in [0.15, 0.2) is 0 Å². The van der Waals surface area contributed by atoms with Crippen LogP contribution in [-0.4, -0.2) is 33.7 Å². The van der Waals surface area contributed by atoms with E-state index in [1.807, 2.05) is 24.3 Å². The van der Waals surface area contributed by atoms with Gasteiger partial charge in [0, 0.05) is 17.2 Å². The Hall–Kier alpha value is -1.66. The molecule has 1 fully saturated rings. The Kier molecular flexibility index (Phi) is 3.84. The Morgan fingerprint density at radius 1 is 1.40 bits per heavy atom. The number of fused-ring (bicyclic) bond motifs is 1. The minimum Gasteiger partial charge on any atom is -0.368 e. The van der Waals surface area contributed by atoms with E-state index in [4.69, 9.17) is 5.73 Å². The number of carbonyl (C=O) groups excluding carboxylic acids is 1. The van der Waals surface area contributed by atoms with Crippen LogP contribution in [0.3, 0.4) is 0 Å². The average molecular weight is 288 g/mol. The number of nitrogens with two attached hydrogens (primary N) is 1. The van der Waals surface area contributed by atoms with Crippen molar-refractivity contribution in [3.05, 3.63) is 30.6 Å². The molecule has 104 valence electrons. The molecule has 3 N–H and O–H groups in total. The van der Waals surface area contributed by atoms with E-state index >= 15 is 0 Å². The van der Waals surface area contributed by atoms with E-state index < -0.39 is 0 Å². The zero-order valence-electron chi connectivity index (χ0n) is 11.0. The smallest absolute Gasteiger partial charge is 0.235 e. The van der Waals surface area contributed by atoms with E-state index in [9.17, 15) is 4.79 Å². The van der Waals surface area contributed by atoms with E-state index in [0.717, 1.165) is 28.8 Å². The number of amides is 1. The van der Waals surface area contributed by atoms with Gasteiger partial charge >= 0.3 is 0 Å².